The van der Waals surface area contributed by atoms with Crippen molar-refractivity contribution in [2.45, 2.75) is 65.5 Å². The second-order valence-electron chi connectivity index (χ2n) is 10.9. The van der Waals surface area contributed by atoms with E-state index in [9.17, 15) is 18.7 Å². The predicted octanol–water partition coefficient (Wildman–Crippen LogP) is 4.98. The van der Waals surface area contributed by atoms with Crippen LogP contribution in [0.2, 0.25) is 0 Å². The smallest absolute Gasteiger partial charge is 0.229 e. The average Bonchev–Trinajstić information content (AvgIpc) is 2.90. The molecule has 8 nitrogen and oxygen atoms in total. The van der Waals surface area contributed by atoms with Gasteiger partial charge in [0.2, 0.25) is 5.91 Å². The summed E-state index contributed by atoms with van der Waals surface area (Å²) < 4.78 is 43.7. The standard InChI is InChI=1S/C30H45F2N3O5/c1-18(2)21(12-20-8-9-27(39-6)28(13-20)40-11-7-10-38-5)14-25(33)26(36)16-23(19(3)4)30(37)35-29-24(32)15-22(31)17-34-29/h8-9,13,15,17-19,21,23,25-26,36H,7,10-12,14,16,33H2,1-6H3,(H,34,35,37). The lowest BCUT2D eigenvalue weighted by Crippen LogP contribution is -2.41. The highest BCUT2D eigenvalue weighted by molar-refractivity contribution is 5.91. The number of nitrogens with zero attached hydrogens (tertiary/aromatic N) is 1. The summed E-state index contributed by atoms with van der Waals surface area (Å²) in [6.07, 6.45) is 1.99. The highest BCUT2D eigenvalue weighted by Crippen LogP contribution is 2.32. The van der Waals surface area contributed by atoms with Crippen molar-refractivity contribution in [1.29, 1.82) is 0 Å². The Morgan fingerprint density at radius 1 is 1.05 bits per heavy atom. The Bertz CT molecular complexity index is 1070. The van der Waals surface area contributed by atoms with Crippen LogP contribution in [0.3, 0.4) is 0 Å². The number of amides is 1. The molecule has 10 heteroatoms. The fourth-order valence-corrected chi connectivity index (χ4v) is 4.58. The molecule has 0 aliphatic carbocycles. The number of methoxy groups -OCH3 is 2. The number of carbonyl (C=O) groups excluding carboxylic acids is 1. The maximum absolute atomic E-state index is 14.0. The maximum Gasteiger partial charge on any atom is 0.229 e. The molecule has 0 aliphatic heterocycles. The third kappa shape index (κ3) is 10.3. The van der Waals surface area contributed by atoms with E-state index in [1.807, 2.05) is 32.0 Å². The molecule has 1 heterocycles. The highest BCUT2D eigenvalue weighted by Gasteiger charge is 2.30. The first-order chi connectivity index (χ1) is 19.0. The number of anilines is 1. The molecule has 40 heavy (non-hydrogen) atoms. The van der Waals surface area contributed by atoms with Crippen LogP contribution in [0.5, 0.6) is 11.5 Å². The van der Waals surface area contributed by atoms with E-state index in [4.69, 9.17) is 19.9 Å². The van der Waals surface area contributed by atoms with Gasteiger partial charge in [-0.1, -0.05) is 33.8 Å². The van der Waals surface area contributed by atoms with Gasteiger partial charge in [-0.25, -0.2) is 13.8 Å². The zero-order chi connectivity index (χ0) is 29.8. The van der Waals surface area contributed by atoms with E-state index >= 15 is 0 Å². The van der Waals surface area contributed by atoms with Gasteiger partial charge in [-0.2, -0.15) is 0 Å². The fraction of sp³-hybridized carbons (Fsp3) is 0.600. The van der Waals surface area contributed by atoms with Gasteiger partial charge in [0.15, 0.2) is 23.1 Å². The first-order valence-corrected chi connectivity index (χ1v) is 13.8. The van der Waals surface area contributed by atoms with Crippen LogP contribution in [0.25, 0.3) is 0 Å². The Balaban J connectivity index is 2.06. The van der Waals surface area contributed by atoms with E-state index in [0.29, 0.717) is 37.2 Å². The zero-order valence-electron chi connectivity index (χ0n) is 24.5. The van der Waals surface area contributed by atoms with Crippen LogP contribution in [0.15, 0.2) is 30.5 Å². The SMILES string of the molecule is COCCCOc1cc(CC(CC(N)C(O)CC(C(=O)Nc2ncc(F)cc2F)C(C)C)C(C)C)ccc1OC. The topological polar surface area (TPSA) is 116 Å². The number of hydrogen-bond donors (Lipinski definition) is 3. The molecule has 0 fully saturated rings. The Hall–Kier alpha value is -2.82. The highest BCUT2D eigenvalue weighted by atomic mass is 19.1. The number of halogens is 2. The first-order valence-electron chi connectivity index (χ1n) is 13.8. The van der Waals surface area contributed by atoms with E-state index in [-0.39, 0.29) is 30.0 Å². The quantitative estimate of drug-likeness (QED) is 0.232. The average molecular weight is 566 g/mol. The Kier molecular flexibility index (Phi) is 13.7. The van der Waals surface area contributed by atoms with Crippen LogP contribution in [0, 0.1) is 35.3 Å². The molecule has 0 saturated heterocycles. The van der Waals surface area contributed by atoms with Gasteiger partial charge in [-0.05, 0) is 54.7 Å². The molecule has 2 rings (SSSR count). The Morgan fingerprint density at radius 2 is 1.77 bits per heavy atom. The van der Waals surface area contributed by atoms with Crippen molar-refractivity contribution in [2.75, 3.05) is 32.8 Å². The number of rotatable bonds is 17. The Labute approximate surface area is 236 Å². The van der Waals surface area contributed by atoms with Gasteiger partial charge in [0.25, 0.3) is 0 Å². The monoisotopic (exact) mass is 565 g/mol. The lowest BCUT2D eigenvalue weighted by molar-refractivity contribution is -0.122. The fourth-order valence-electron chi connectivity index (χ4n) is 4.58. The second-order valence-corrected chi connectivity index (χ2v) is 10.9. The van der Waals surface area contributed by atoms with Gasteiger partial charge in [0.1, 0.15) is 5.82 Å². The van der Waals surface area contributed by atoms with Crippen LogP contribution < -0.4 is 20.5 Å². The minimum Gasteiger partial charge on any atom is -0.493 e. The third-order valence-corrected chi connectivity index (χ3v) is 7.17. The van der Waals surface area contributed by atoms with Crippen LogP contribution in [-0.2, 0) is 16.0 Å². The van der Waals surface area contributed by atoms with Gasteiger partial charge in [-0.3, -0.25) is 4.79 Å². The summed E-state index contributed by atoms with van der Waals surface area (Å²) in [5.41, 5.74) is 7.53. The van der Waals surface area contributed by atoms with Crippen molar-refractivity contribution in [2.24, 2.45) is 29.4 Å². The molecule has 0 saturated carbocycles. The molecule has 2 aromatic rings. The second kappa shape index (κ2) is 16.4. The van der Waals surface area contributed by atoms with E-state index in [1.165, 1.54) is 0 Å². The lowest BCUT2D eigenvalue weighted by atomic mass is 9.81. The molecule has 0 spiro atoms. The number of aliphatic hydroxyl groups excluding tert-OH is 1. The number of benzene rings is 1. The molecular formula is C30H45F2N3O5. The third-order valence-electron chi connectivity index (χ3n) is 7.17. The summed E-state index contributed by atoms with van der Waals surface area (Å²) in [5, 5.41) is 13.4. The molecule has 0 radical (unpaired) electrons. The number of carbonyl (C=O) groups is 1. The van der Waals surface area contributed by atoms with Crippen molar-refractivity contribution in [3.63, 3.8) is 0 Å². The summed E-state index contributed by atoms with van der Waals surface area (Å²) in [6, 6.07) is 5.94. The molecule has 224 valence electrons. The molecule has 0 aliphatic rings. The number of pyridine rings is 1. The van der Waals surface area contributed by atoms with Gasteiger partial charge < -0.3 is 30.4 Å². The van der Waals surface area contributed by atoms with E-state index in [1.54, 1.807) is 14.2 Å². The van der Waals surface area contributed by atoms with Crippen LogP contribution >= 0.6 is 0 Å². The molecule has 4 atom stereocenters. The van der Waals surface area contributed by atoms with E-state index < -0.39 is 35.6 Å². The number of nitrogens with one attached hydrogen (secondary N) is 1. The Morgan fingerprint density at radius 3 is 2.38 bits per heavy atom. The number of aromatic nitrogens is 1. The minimum absolute atomic E-state index is 0.0975. The first kappa shape index (κ1) is 33.4. The summed E-state index contributed by atoms with van der Waals surface area (Å²) in [4.78, 5) is 16.5. The predicted molar refractivity (Wildman–Crippen MR) is 151 cm³/mol. The maximum atomic E-state index is 14.0. The summed E-state index contributed by atoms with van der Waals surface area (Å²) >= 11 is 0. The van der Waals surface area contributed by atoms with Crippen molar-refractivity contribution in [3.05, 3.63) is 47.7 Å². The minimum atomic E-state index is -0.963. The molecule has 4 N–H and O–H groups in total. The number of nitrogens with two attached hydrogens (primary N) is 1. The molecule has 1 amide bonds. The van der Waals surface area contributed by atoms with Gasteiger partial charge in [0, 0.05) is 38.2 Å². The van der Waals surface area contributed by atoms with Crippen LogP contribution in [0.4, 0.5) is 14.6 Å². The van der Waals surface area contributed by atoms with Gasteiger partial charge >= 0.3 is 0 Å². The normalized spacial score (nSPS) is 14.6. The lowest BCUT2D eigenvalue weighted by Gasteiger charge is -2.30. The van der Waals surface area contributed by atoms with E-state index in [0.717, 1.165) is 24.6 Å². The van der Waals surface area contributed by atoms with Crippen molar-refractivity contribution < 1.29 is 32.9 Å². The van der Waals surface area contributed by atoms with Crippen LogP contribution in [0.1, 0.15) is 52.5 Å². The molecular weight excluding hydrogens is 520 g/mol. The summed E-state index contributed by atoms with van der Waals surface area (Å²) in [6.45, 7) is 9.02. The van der Waals surface area contributed by atoms with Crippen molar-refractivity contribution >= 4 is 11.7 Å². The number of aliphatic hydroxyl groups is 1. The molecule has 0 bridgehead atoms. The summed E-state index contributed by atoms with van der Waals surface area (Å²) in [5.74, 6) is -1.70. The number of hydrogen-bond acceptors (Lipinski definition) is 7. The number of ether oxygens (including phenoxy) is 3. The molecule has 1 aromatic carbocycles. The van der Waals surface area contributed by atoms with E-state index in [2.05, 4.69) is 24.1 Å². The molecule has 4 unspecified atom stereocenters. The van der Waals surface area contributed by atoms with Crippen molar-refractivity contribution in [1.82, 2.24) is 4.98 Å². The molecule has 1 aromatic heterocycles. The largest absolute Gasteiger partial charge is 0.493 e. The van der Waals surface area contributed by atoms with Gasteiger partial charge in [-0.15, -0.1) is 0 Å². The van der Waals surface area contributed by atoms with Crippen LogP contribution in [-0.4, -0.2) is 55.6 Å². The van der Waals surface area contributed by atoms with Gasteiger partial charge in [0.05, 0.1) is 26.0 Å². The summed E-state index contributed by atoms with van der Waals surface area (Å²) in [7, 11) is 3.25. The van der Waals surface area contributed by atoms with Crippen molar-refractivity contribution in [3.8, 4) is 11.5 Å². The zero-order valence-corrected chi connectivity index (χ0v) is 24.5.